The quantitative estimate of drug-likeness (QED) is 0.586. The topological polar surface area (TPSA) is 55.9 Å². The van der Waals surface area contributed by atoms with Crippen molar-refractivity contribution >= 4 is 27.5 Å². The normalized spacial score (nSPS) is 13.6. The van der Waals surface area contributed by atoms with Crippen LogP contribution in [0.4, 0.5) is 5.69 Å². The summed E-state index contributed by atoms with van der Waals surface area (Å²) >= 11 is 0. The van der Waals surface area contributed by atoms with Gasteiger partial charge in [-0.1, -0.05) is 36.4 Å². The fourth-order valence-electron chi connectivity index (χ4n) is 3.37. The van der Waals surface area contributed by atoms with E-state index in [0.29, 0.717) is 0 Å². The number of para-hydroxylation sites is 2. The van der Waals surface area contributed by atoms with Gasteiger partial charge in [0, 0.05) is 29.4 Å². The van der Waals surface area contributed by atoms with Crippen LogP contribution in [-0.4, -0.2) is 21.1 Å². The number of nitrogens with zero attached hydrogens (tertiary/aromatic N) is 2. The minimum atomic E-state index is -0.249. The Hall–Kier alpha value is -2.59. The molecule has 2 aromatic rings. The van der Waals surface area contributed by atoms with Crippen LogP contribution < -0.4 is 11.1 Å². The summed E-state index contributed by atoms with van der Waals surface area (Å²) in [5, 5.41) is 6.03. The van der Waals surface area contributed by atoms with Crippen molar-refractivity contribution < 1.29 is 0 Å². The number of benzene rings is 2. The van der Waals surface area contributed by atoms with E-state index in [4.69, 9.17) is 10.7 Å². The molecular formula is C21H24N4. The second-order valence-electron chi connectivity index (χ2n) is 7.41. The van der Waals surface area contributed by atoms with Crippen LogP contribution in [-0.2, 0) is 7.05 Å². The molecule has 0 fully saturated rings. The third-order valence-electron chi connectivity index (χ3n) is 5.31. The molecule has 0 spiro atoms. The van der Waals surface area contributed by atoms with Gasteiger partial charge in [-0.25, -0.2) is 4.98 Å². The highest BCUT2D eigenvalue weighted by atomic mass is 15.1. The van der Waals surface area contributed by atoms with Crippen molar-refractivity contribution in [1.82, 2.24) is 9.55 Å². The molecule has 2 aliphatic heterocycles. The maximum Gasteiger partial charge on any atom is 0.112 e. The number of fused-ring (bicyclic) bond motifs is 4. The van der Waals surface area contributed by atoms with E-state index in [1.54, 1.807) is 0 Å². The van der Waals surface area contributed by atoms with Gasteiger partial charge in [-0.3, -0.25) is 0 Å². The molecule has 0 saturated heterocycles. The smallest absolute Gasteiger partial charge is 0.112 e. The maximum atomic E-state index is 6.22. The summed E-state index contributed by atoms with van der Waals surface area (Å²) in [5.41, 5.74) is 11.4. The van der Waals surface area contributed by atoms with Crippen molar-refractivity contribution in [2.45, 2.75) is 32.4 Å². The Morgan fingerprint density at radius 3 is 2.40 bits per heavy atom. The van der Waals surface area contributed by atoms with E-state index >= 15 is 0 Å². The number of rotatable bonds is 3. The summed E-state index contributed by atoms with van der Waals surface area (Å²) in [7, 11) is 2.11. The van der Waals surface area contributed by atoms with Crippen LogP contribution in [0, 0.1) is 0 Å². The van der Waals surface area contributed by atoms with E-state index < -0.39 is 0 Å². The Labute approximate surface area is 148 Å². The molecule has 2 aromatic carbocycles. The Morgan fingerprint density at radius 1 is 1.04 bits per heavy atom. The first kappa shape index (κ1) is 15.9. The van der Waals surface area contributed by atoms with Gasteiger partial charge in [-0.05, 0) is 32.9 Å². The van der Waals surface area contributed by atoms with Gasteiger partial charge >= 0.3 is 0 Å². The van der Waals surface area contributed by atoms with Crippen LogP contribution in [0.25, 0.3) is 33.2 Å². The fourth-order valence-corrected chi connectivity index (χ4v) is 3.37. The highest BCUT2D eigenvalue weighted by Crippen LogP contribution is 2.42. The zero-order valence-corrected chi connectivity index (χ0v) is 15.2. The summed E-state index contributed by atoms with van der Waals surface area (Å²) in [4.78, 5) is 4.95. The van der Waals surface area contributed by atoms with Gasteiger partial charge in [0.1, 0.15) is 5.69 Å². The molecule has 1 atom stereocenters. The molecule has 0 radical (unpaired) electrons. The third kappa shape index (κ3) is 2.36. The van der Waals surface area contributed by atoms with Crippen LogP contribution in [0.3, 0.4) is 0 Å². The number of hydrogen-bond donors (Lipinski definition) is 2. The van der Waals surface area contributed by atoms with Crippen molar-refractivity contribution in [3.63, 3.8) is 0 Å². The van der Waals surface area contributed by atoms with Gasteiger partial charge < -0.3 is 15.6 Å². The van der Waals surface area contributed by atoms with Crippen LogP contribution in [0.15, 0.2) is 48.5 Å². The summed E-state index contributed by atoms with van der Waals surface area (Å²) in [6.45, 7) is 6.30. The summed E-state index contributed by atoms with van der Waals surface area (Å²) in [6, 6.07) is 16.8. The average Bonchev–Trinajstić information content (AvgIpc) is 2.98. The van der Waals surface area contributed by atoms with Gasteiger partial charge in [-0.2, -0.15) is 0 Å². The molecule has 128 valence electrons. The zero-order valence-electron chi connectivity index (χ0n) is 15.2. The van der Waals surface area contributed by atoms with Gasteiger partial charge in [0.25, 0.3) is 0 Å². The molecule has 0 bridgehead atoms. The van der Waals surface area contributed by atoms with Crippen molar-refractivity contribution in [2.75, 3.05) is 5.32 Å². The van der Waals surface area contributed by atoms with E-state index in [0.717, 1.165) is 28.0 Å². The first-order valence-corrected chi connectivity index (χ1v) is 8.70. The molecule has 4 nitrogen and oxygen atoms in total. The second-order valence-corrected chi connectivity index (χ2v) is 7.41. The number of nitrogens with two attached hydrogens (primary N) is 1. The lowest BCUT2D eigenvalue weighted by Crippen LogP contribution is -2.47. The Balaban J connectivity index is 2.12. The third-order valence-corrected chi connectivity index (χ3v) is 5.31. The number of pyridine rings is 1. The lowest BCUT2D eigenvalue weighted by molar-refractivity contribution is 0.471. The van der Waals surface area contributed by atoms with Crippen molar-refractivity contribution in [3.05, 3.63) is 48.5 Å². The number of hydrogen-bond acceptors (Lipinski definition) is 3. The SMILES string of the molecule is CC(N)C(C)(C)Nc1c2nc3ccccc3c-2n(C)c2ccccc12. The van der Waals surface area contributed by atoms with Gasteiger partial charge in [-0.15, -0.1) is 0 Å². The van der Waals surface area contributed by atoms with E-state index in [1.807, 2.05) is 13.0 Å². The van der Waals surface area contributed by atoms with Gasteiger partial charge in [0.15, 0.2) is 0 Å². The first-order chi connectivity index (χ1) is 11.9. The monoisotopic (exact) mass is 332 g/mol. The van der Waals surface area contributed by atoms with E-state index in [9.17, 15) is 0 Å². The summed E-state index contributed by atoms with van der Waals surface area (Å²) in [6.07, 6.45) is 0. The number of aryl methyl sites for hydroxylation is 1. The fraction of sp³-hybridized carbons (Fsp3) is 0.286. The van der Waals surface area contributed by atoms with Crippen molar-refractivity contribution in [3.8, 4) is 11.4 Å². The lowest BCUT2D eigenvalue weighted by Gasteiger charge is -2.33. The Bertz CT molecular complexity index is 1040. The molecule has 3 N–H and O–H groups in total. The van der Waals surface area contributed by atoms with Crippen molar-refractivity contribution in [1.29, 1.82) is 0 Å². The van der Waals surface area contributed by atoms with Gasteiger partial charge in [0.2, 0.25) is 0 Å². The predicted octanol–water partition coefficient (Wildman–Crippen LogP) is 4.37. The molecule has 4 heteroatoms. The predicted molar refractivity (Wildman–Crippen MR) is 106 cm³/mol. The number of aromatic nitrogens is 2. The Morgan fingerprint density at radius 2 is 1.68 bits per heavy atom. The number of anilines is 1. The first-order valence-electron chi connectivity index (χ1n) is 8.70. The highest BCUT2D eigenvalue weighted by Gasteiger charge is 2.28. The molecule has 2 aliphatic rings. The molecule has 0 amide bonds. The minimum Gasteiger partial charge on any atom is -0.376 e. The van der Waals surface area contributed by atoms with E-state index in [-0.39, 0.29) is 11.6 Å². The zero-order chi connectivity index (χ0) is 17.8. The molecule has 2 heterocycles. The molecule has 0 aromatic heterocycles. The van der Waals surface area contributed by atoms with Crippen LogP contribution in [0.5, 0.6) is 0 Å². The molecular weight excluding hydrogens is 308 g/mol. The average molecular weight is 332 g/mol. The Kier molecular flexibility index (Phi) is 3.48. The summed E-state index contributed by atoms with van der Waals surface area (Å²) < 4.78 is 2.24. The highest BCUT2D eigenvalue weighted by molar-refractivity contribution is 6.08. The molecule has 1 unspecified atom stereocenters. The lowest BCUT2D eigenvalue weighted by atomic mass is 9.95. The molecule has 25 heavy (non-hydrogen) atoms. The molecule has 0 saturated carbocycles. The van der Waals surface area contributed by atoms with Crippen LogP contribution in [0.1, 0.15) is 20.8 Å². The van der Waals surface area contributed by atoms with Crippen LogP contribution >= 0.6 is 0 Å². The molecule has 4 rings (SSSR count). The van der Waals surface area contributed by atoms with Gasteiger partial charge in [0.05, 0.1) is 22.4 Å². The van der Waals surface area contributed by atoms with E-state index in [1.165, 1.54) is 10.9 Å². The number of nitrogens with one attached hydrogen (secondary N) is 1. The standard InChI is InChI=1S/C21H24N4/c1-13(22)21(2,3)24-18-15-10-6-8-12-17(15)25(4)20-14-9-5-7-11-16(14)23-19(18)20/h5-13,24H,22H2,1-4H3. The van der Waals surface area contributed by atoms with E-state index in [2.05, 4.69) is 73.2 Å². The maximum absolute atomic E-state index is 6.22. The largest absolute Gasteiger partial charge is 0.376 e. The minimum absolute atomic E-state index is 0.000327. The molecule has 0 aliphatic carbocycles. The summed E-state index contributed by atoms with van der Waals surface area (Å²) in [5.74, 6) is 0. The van der Waals surface area contributed by atoms with Crippen molar-refractivity contribution in [2.24, 2.45) is 12.8 Å². The van der Waals surface area contributed by atoms with Crippen LogP contribution in [0.2, 0.25) is 0 Å². The second kappa shape index (κ2) is 5.46.